The van der Waals surface area contributed by atoms with Crippen LogP contribution >= 0.6 is 0 Å². The number of pyridine rings is 1. The minimum atomic E-state index is -0.120. The number of anilines is 1. The molecule has 1 amide bonds. The molecule has 1 aromatic carbocycles. The summed E-state index contributed by atoms with van der Waals surface area (Å²) < 4.78 is 5.43. The van der Waals surface area contributed by atoms with Gasteiger partial charge in [0.05, 0.1) is 13.2 Å². The highest BCUT2D eigenvalue weighted by Crippen LogP contribution is 2.21. The Labute approximate surface area is 157 Å². The molecule has 27 heavy (non-hydrogen) atoms. The summed E-state index contributed by atoms with van der Waals surface area (Å²) in [5.41, 5.74) is 4.03. The molecule has 0 radical (unpaired) electrons. The smallest absolute Gasteiger partial charge is 0.244 e. The fraction of sp³-hybridized carbons (Fsp3) is 0.238. The minimum Gasteiger partial charge on any atom is -0.378 e. The van der Waals surface area contributed by atoms with Gasteiger partial charge in [0.1, 0.15) is 5.65 Å². The predicted molar refractivity (Wildman–Crippen MR) is 106 cm³/mol. The second kappa shape index (κ2) is 8.05. The number of hydrogen-bond donors (Lipinski definition) is 2. The lowest BCUT2D eigenvalue weighted by Crippen LogP contribution is -2.37. The topological polar surface area (TPSA) is 70.2 Å². The number of fused-ring (bicyclic) bond motifs is 1. The van der Waals surface area contributed by atoms with E-state index in [1.165, 1.54) is 0 Å². The number of H-pyrrole nitrogens is 1. The van der Waals surface area contributed by atoms with Crippen LogP contribution in [0.5, 0.6) is 0 Å². The van der Waals surface area contributed by atoms with E-state index < -0.39 is 0 Å². The highest BCUT2D eigenvalue weighted by atomic mass is 16.5. The van der Waals surface area contributed by atoms with E-state index in [-0.39, 0.29) is 5.91 Å². The van der Waals surface area contributed by atoms with E-state index in [0.29, 0.717) is 6.54 Å². The third-order valence-electron chi connectivity index (χ3n) is 4.69. The summed E-state index contributed by atoms with van der Waals surface area (Å²) >= 11 is 0. The third-order valence-corrected chi connectivity index (χ3v) is 4.69. The van der Waals surface area contributed by atoms with Gasteiger partial charge in [0, 0.05) is 54.7 Å². The summed E-state index contributed by atoms with van der Waals surface area (Å²) in [5.74, 6) is -0.120. The maximum atomic E-state index is 12.3. The van der Waals surface area contributed by atoms with Gasteiger partial charge in [-0.2, -0.15) is 0 Å². The summed E-state index contributed by atoms with van der Waals surface area (Å²) in [6.45, 7) is 3.72. The van der Waals surface area contributed by atoms with Crippen molar-refractivity contribution in [2.45, 2.75) is 6.54 Å². The van der Waals surface area contributed by atoms with E-state index in [4.69, 9.17) is 4.74 Å². The predicted octanol–water partition coefficient (Wildman–Crippen LogP) is 2.73. The first-order chi connectivity index (χ1) is 13.3. The molecular formula is C21H22N4O2. The van der Waals surface area contributed by atoms with Crippen LogP contribution < -0.4 is 10.2 Å². The Morgan fingerprint density at radius 3 is 2.96 bits per heavy atom. The van der Waals surface area contributed by atoms with Gasteiger partial charge in [-0.3, -0.25) is 4.79 Å². The largest absolute Gasteiger partial charge is 0.378 e. The Morgan fingerprint density at radius 2 is 2.07 bits per heavy atom. The van der Waals surface area contributed by atoms with Crippen molar-refractivity contribution in [1.29, 1.82) is 0 Å². The number of aromatic amines is 1. The van der Waals surface area contributed by atoms with Gasteiger partial charge in [0.15, 0.2) is 0 Å². The van der Waals surface area contributed by atoms with Gasteiger partial charge in [0.25, 0.3) is 0 Å². The van der Waals surface area contributed by atoms with Crippen molar-refractivity contribution in [1.82, 2.24) is 15.3 Å². The van der Waals surface area contributed by atoms with Crippen molar-refractivity contribution < 1.29 is 9.53 Å². The number of carbonyl (C=O) groups is 1. The summed E-state index contributed by atoms with van der Waals surface area (Å²) in [7, 11) is 0. The van der Waals surface area contributed by atoms with Crippen LogP contribution in [0.4, 0.5) is 5.69 Å². The van der Waals surface area contributed by atoms with Crippen LogP contribution in [-0.2, 0) is 16.1 Å². The quantitative estimate of drug-likeness (QED) is 0.685. The number of aromatic nitrogens is 2. The fourth-order valence-electron chi connectivity index (χ4n) is 3.29. The molecule has 0 saturated carbocycles. The number of nitrogens with zero attached hydrogens (tertiary/aromatic N) is 2. The molecule has 3 aromatic rings. The van der Waals surface area contributed by atoms with Crippen LogP contribution in [0.15, 0.2) is 54.9 Å². The fourth-order valence-corrected chi connectivity index (χ4v) is 3.29. The van der Waals surface area contributed by atoms with E-state index in [9.17, 15) is 4.79 Å². The number of nitrogens with one attached hydrogen (secondary N) is 2. The monoisotopic (exact) mass is 362 g/mol. The van der Waals surface area contributed by atoms with E-state index in [0.717, 1.165) is 54.2 Å². The number of ether oxygens (including phenoxy) is 1. The number of amides is 1. The first-order valence-electron chi connectivity index (χ1n) is 9.10. The Bertz CT molecular complexity index is 957. The van der Waals surface area contributed by atoms with Crippen molar-refractivity contribution in [3.05, 3.63) is 66.0 Å². The van der Waals surface area contributed by atoms with Gasteiger partial charge in [-0.15, -0.1) is 0 Å². The van der Waals surface area contributed by atoms with E-state index in [2.05, 4.69) is 32.3 Å². The molecule has 0 atom stereocenters. The molecule has 138 valence electrons. The molecular weight excluding hydrogens is 340 g/mol. The van der Waals surface area contributed by atoms with E-state index in [1.54, 1.807) is 12.3 Å². The number of rotatable bonds is 5. The number of benzene rings is 1. The lowest BCUT2D eigenvalue weighted by atomic mass is 10.1. The van der Waals surface area contributed by atoms with Crippen molar-refractivity contribution in [2.24, 2.45) is 0 Å². The summed E-state index contributed by atoms with van der Waals surface area (Å²) in [4.78, 5) is 21.9. The van der Waals surface area contributed by atoms with Gasteiger partial charge in [-0.1, -0.05) is 18.2 Å². The van der Waals surface area contributed by atoms with Crippen LogP contribution in [0.25, 0.3) is 17.1 Å². The Morgan fingerprint density at radius 1 is 1.22 bits per heavy atom. The van der Waals surface area contributed by atoms with Crippen LogP contribution in [0.2, 0.25) is 0 Å². The zero-order valence-electron chi connectivity index (χ0n) is 15.0. The number of hydrogen-bond acceptors (Lipinski definition) is 4. The summed E-state index contributed by atoms with van der Waals surface area (Å²) in [6, 6.07) is 12.0. The highest BCUT2D eigenvalue weighted by Gasteiger charge is 2.14. The van der Waals surface area contributed by atoms with Crippen LogP contribution in [0, 0.1) is 0 Å². The molecule has 0 aliphatic carbocycles. The molecule has 2 N–H and O–H groups in total. The molecule has 0 spiro atoms. The van der Waals surface area contributed by atoms with Crippen molar-refractivity contribution in [3.63, 3.8) is 0 Å². The van der Waals surface area contributed by atoms with Crippen LogP contribution in [-0.4, -0.2) is 42.2 Å². The van der Waals surface area contributed by atoms with Crippen LogP contribution in [0.3, 0.4) is 0 Å². The maximum Gasteiger partial charge on any atom is 0.244 e. The Kier molecular flexibility index (Phi) is 5.16. The molecule has 6 nitrogen and oxygen atoms in total. The van der Waals surface area contributed by atoms with Crippen LogP contribution in [0.1, 0.15) is 11.1 Å². The second-order valence-corrected chi connectivity index (χ2v) is 6.42. The lowest BCUT2D eigenvalue weighted by molar-refractivity contribution is -0.116. The van der Waals surface area contributed by atoms with E-state index >= 15 is 0 Å². The molecule has 1 aliphatic rings. The number of carbonyl (C=O) groups excluding carboxylic acids is 1. The molecule has 1 aliphatic heterocycles. The van der Waals surface area contributed by atoms with Gasteiger partial charge >= 0.3 is 0 Å². The number of morpholine rings is 1. The molecule has 4 rings (SSSR count). The average molecular weight is 362 g/mol. The highest BCUT2D eigenvalue weighted by molar-refractivity contribution is 5.95. The molecule has 2 aromatic heterocycles. The van der Waals surface area contributed by atoms with Gasteiger partial charge in [-0.25, -0.2) is 4.98 Å². The molecule has 1 fully saturated rings. The molecule has 0 unspecified atom stereocenters. The average Bonchev–Trinajstić information content (AvgIpc) is 3.15. The van der Waals surface area contributed by atoms with Gasteiger partial charge in [0.2, 0.25) is 5.91 Å². The first kappa shape index (κ1) is 17.3. The molecule has 3 heterocycles. The SMILES string of the molecule is O=C(/C=C/c1c[nH]c2ncccc12)NCc1ccccc1N1CCOCC1. The van der Waals surface area contributed by atoms with Crippen molar-refractivity contribution in [3.8, 4) is 0 Å². The molecule has 0 bridgehead atoms. The van der Waals surface area contributed by atoms with E-state index in [1.807, 2.05) is 36.5 Å². The maximum absolute atomic E-state index is 12.3. The molecule has 6 heteroatoms. The number of para-hydroxylation sites is 1. The molecule has 1 saturated heterocycles. The zero-order valence-corrected chi connectivity index (χ0v) is 15.0. The standard InChI is InChI=1S/C21H22N4O2/c26-20(8-7-16-14-24-21-18(16)5-3-9-22-21)23-15-17-4-1-2-6-19(17)25-10-12-27-13-11-25/h1-9,14H,10-13,15H2,(H,22,24)(H,23,26)/b8-7+. The minimum absolute atomic E-state index is 0.120. The Hall–Kier alpha value is -3.12. The van der Waals surface area contributed by atoms with Crippen molar-refractivity contribution >= 4 is 28.7 Å². The third kappa shape index (κ3) is 4.01. The first-order valence-corrected chi connectivity index (χ1v) is 9.10. The van der Waals surface area contributed by atoms with Gasteiger partial charge < -0.3 is 19.9 Å². The summed E-state index contributed by atoms with van der Waals surface area (Å²) in [6.07, 6.45) is 6.97. The summed E-state index contributed by atoms with van der Waals surface area (Å²) in [5, 5.41) is 3.98. The zero-order chi connectivity index (χ0) is 18.5. The lowest BCUT2D eigenvalue weighted by Gasteiger charge is -2.30. The van der Waals surface area contributed by atoms with Gasteiger partial charge in [-0.05, 0) is 29.8 Å². The normalized spacial score (nSPS) is 14.7. The second-order valence-electron chi connectivity index (χ2n) is 6.42. The Balaban J connectivity index is 1.41. The van der Waals surface area contributed by atoms with Crippen molar-refractivity contribution in [2.75, 3.05) is 31.2 Å².